The Balaban J connectivity index is 1.27. The smallest absolute Gasteiger partial charge is 0.310 e. The van der Waals surface area contributed by atoms with Gasteiger partial charge in [0.15, 0.2) is 5.78 Å². The topological polar surface area (TPSA) is 118 Å². The molecule has 3 heterocycles. The molecule has 1 unspecified atom stereocenters. The molecular formula is C41H41NO8S3. The number of methoxy groups -OCH3 is 2. The molecule has 276 valence electrons. The Morgan fingerprint density at radius 3 is 2.13 bits per heavy atom. The zero-order valence-corrected chi connectivity index (χ0v) is 32.5. The Morgan fingerprint density at radius 2 is 1.47 bits per heavy atom. The molecule has 1 aliphatic rings. The number of carbonyl (C=O) groups is 4. The summed E-state index contributed by atoms with van der Waals surface area (Å²) >= 11 is 4.03. The van der Waals surface area contributed by atoms with Crippen LogP contribution in [0.25, 0.3) is 20.9 Å². The van der Waals surface area contributed by atoms with E-state index in [-0.39, 0.29) is 36.9 Å². The van der Waals surface area contributed by atoms with Crippen molar-refractivity contribution in [2.24, 2.45) is 5.92 Å². The lowest BCUT2D eigenvalue weighted by molar-refractivity contribution is -0.147. The number of esters is 2. The Hall–Kier alpha value is -4.65. The number of hydrogen-bond acceptors (Lipinski definition) is 12. The molecule has 0 bridgehead atoms. The van der Waals surface area contributed by atoms with E-state index in [1.165, 1.54) is 34.0 Å². The molecule has 1 aliphatic carbocycles. The van der Waals surface area contributed by atoms with Gasteiger partial charge in [-0.1, -0.05) is 19.3 Å². The quantitative estimate of drug-likeness (QED) is 0.0758. The van der Waals surface area contributed by atoms with Gasteiger partial charge in [0.2, 0.25) is 5.78 Å². The maximum atomic E-state index is 13.7. The van der Waals surface area contributed by atoms with Crippen LogP contribution < -0.4 is 9.47 Å². The van der Waals surface area contributed by atoms with E-state index in [4.69, 9.17) is 18.9 Å². The van der Waals surface area contributed by atoms with Crippen molar-refractivity contribution in [3.63, 3.8) is 0 Å². The van der Waals surface area contributed by atoms with Crippen LogP contribution in [0.3, 0.4) is 0 Å². The van der Waals surface area contributed by atoms with Crippen molar-refractivity contribution >= 4 is 57.5 Å². The van der Waals surface area contributed by atoms with E-state index in [1.807, 2.05) is 42.5 Å². The lowest BCUT2D eigenvalue weighted by atomic mass is 9.85. The molecule has 1 atom stereocenters. The number of ketones is 2. The second-order valence-electron chi connectivity index (χ2n) is 12.8. The number of benzene rings is 2. The van der Waals surface area contributed by atoms with Crippen LogP contribution in [0.15, 0.2) is 65.5 Å². The summed E-state index contributed by atoms with van der Waals surface area (Å²) in [6.45, 7) is 3.76. The summed E-state index contributed by atoms with van der Waals surface area (Å²) in [4.78, 5) is 60.0. The lowest BCUT2D eigenvalue weighted by Gasteiger charge is -2.19. The highest BCUT2D eigenvalue weighted by Gasteiger charge is 2.27. The van der Waals surface area contributed by atoms with Crippen LogP contribution in [0.1, 0.15) is 93.8 Å². The van der Waals surface area contributed by atoms with Crippen LogP contribution >= 0.6 is 34.0 Å². The van der Waals surface area contributed by atoms with Gasteiger partial charge in [-0.25, -0.2) is 4.98 Å². The highest BCUT2D eigenvalue weighted by molar-refractivity contribution is 7.18. The summed E-state index contributed by atoms with van der Waals surface area (Å²) in [6, 6.07) is 16.7. The summed E-state index contributed by atoms with van der Waals surface area (Å²) in [5.74, 6) is 0.305. The number of aromatic nitrogens is 1. The molecule has 1 fully saturated rings. The molecule has 6 rings (SSSR count). The van der Waals surface area contributed by atoms with Crippen LogP contribution in [-0.4, -0.2) is 49.3 Å². The number of hydrogen-bond donors (Lipinski definition) is 0. The zero-order chi connectivity index (χ0) is 37.5. The van der Waals surface area contributed by atoms with E-state index in [0.717, 1.165) is 58.5 Å². The molecular weight excluding hydrogens is 731 g/mol. The Bertz CT molecular complexity index is 2070. The lowest BCUT2D eigenvalue weighted by Crippen LogP contribution is -2.16. The number of carbonyl (C=O) groups excluding carboxylic acids is 4. The minimum Gasteiger partial charge on any atom is -0.497 e. The van der Waals surface area contributed by atoms with Crippen molar-refractivity contribution in [3.8, 4) is 32.4 Å². The minimum absolute atomic E-state index is 0.00772. The normalized spacial score (nSPS) is 13.7. The maximum Gasteiger partial charge on any atom is 0.310 e. The van der Waals surface area contributed by atoms with E-state index < -0.39 is 18.0 Å². The third-order valence-electron chi connectivity index (χ3n) is 9.29. The van der Waals surface area contributed by atoms with Gasteiger partial charge >= 0.3 is 11.9 Å². The van der Waals surface area contributed by atoms with Gasteiger partial charge in [0.05, 0.1) is 48.9 Å². The van der Waals surface area contributed by atoms with E-state index in [9.17, 15) is 19.2 Å². The Labute approximate surface area is 320 Å². The van der Waals surface area contributed by atoms with E-state index in [2.05, 4.69) is 4.98 Å². The van der Waals surface area contributed by atoms with E-state index in [1.54, 1.807) is 51.1 Å². The molecule has 3 aromatic heterocycles. The first kappa shape index (κ1) is 38.1. The summed E-state index contributed by atoms with van der Waals surface area (Å²) in [6.07, 6.45) is 4.29. The number of thiazole rings is 1. The van der Waals surface area contributed by atoms with Gasteiger partial charge in [-0.3, -0.25) is 19.2 Å². The van der Waals surface area contributed by atoms with E-state index in [0.29, 0.717) is 38.1 Å². The summed E-state index contributed by atoms with van der Waals surface area (Å²) in [7, 11) is 3.16. The number of thiophene rings is 2. The monoisotopic (exact) mass is 771 g/mol. The number of rotatable bonds is 15. The second kappa shape index (κ2) is 17.5. The van der Waals surface area contributed by atoms with Crippen molar-refractivity contribution in [2.45, 2.75) is 64.9 Å². The predicted molar refractivity (Wildman–Crippen MR) is 208 cm³/mol. The van der Waals surface area contributed by atoms with Crippen molar-refractivity contribution in [1.82, 2.24) is 4.98 Å². The Morgan fingerprint density at radius 1 is 0.811 bits per heavy atom. The number of ether oxygens (including phenoxy) is 4. The molecule has 5 aromatic rings. The first-order valence-corrected chi connectivity index (χ1v) is 20.2. The Kier molecular flexibility index (Phi) is 12.5. The van der Waals surface area contributed by atoms with Gasteiger partial charge in [-0.15, -0.1) is 34.0 Å². The largest absolute Gasteiger partial charge is 0.497 e. The number of nitrogens with zero attached hydrogens (tertiary/aromatic N) is 1. The second-order valence-corrected chi connectivity index (χ2v) is 15.6. The third-order valence-corrected chi connectivity index (χ3v) is 12.3. The molecule has 12 heteroatoms. The van der Waals surface area contributed by atoms with Crippen LogP contribution in [0.2, 0.25) is 0 Å². The fourth-order valence-electron chi connectivity index (χ4n) is 6.62. The minimum atomic E-state index is -0.714. The van der Waals surface area contributed by atoms with E-state index >= 15 is 0 Å². The molecule has 2 aromatic carbocycles. The van der Waals surface area contributed by atoms with Crippen molar-refractivity contribution in [3.05, 3.63) is 97.6 Å². The van der Waals surface area contributed by atoms with Gasteiger partial charge in [-0.05, 0) is 104 Å². The average Bonchev–Trinajstić information content (AvgIpc) is 3.96. The average molecular weight is 772 g/mol. The summed E-state index contributed by atoms with van der Waals surface area (Å²) in [5, 5.41) is 1.69. The summed E-state index contributed by atoms with van der Waals surface area (Å²) in [5.41, 5.74) is 5.57. The molecule has 0 spiro atoms. The van der Waals surface area contributed by atoms with Gasteiger partial charge < -0.3 is 18.9 Å². The predicted octanol–water partition coefficient (Wildman–Crippen LogP) is 9.56. The highest BCUT2D eigenvalue weighted by Crippen LogP contribution is 2.40. The SMILES string of the molecule is CCOC(=O)Cc1cc(C(=O)c2cscn2)sc1-c1ccc(OC)c(C(C)OC(=O)Cc2cc(C(=O)C3CCCCC3)sc2-c2ccc(OC)cc2)c1. The van der Waals surface area contributed by atoms with Crippen LogP contribution in [-0.2, 0) is 31.9 Å². The molecule has 0 aliphatic heterocycles. The molecule has 53 heavy (non-hydrogen) atoms. The maximum absolute atomic E-state index is 13.7. The molecule has 1 saturated carbocycles. The molecule has 0 saturated heterocycles. The summed E-state index contributed by atoms with van der Waals surface area (Å²) < 4.78 is 22.3. The standard InChI is InChI=1S/C41H41NO8S3/c1-5-49-36(43)20-28-19-35(39(46)32-22-51-23-42-32)53-41(28)27-13-16-33(48-4)31(17-27)24(2)50-37(44)21-29-18-34(38(45)25-9-7-6-8-10-25)52-40(29)26-11-14-30(47-3)15-12-26/h11-19,22-25H,5-10,20-21H2,1-4H3. The third kappa shape index (κ3) is 8.94. The zero-order valence-electron chi connectivity index (χ0n) is 30.1. The fraction of sp³-hybridized carbons (Fsp3) is 0.341. The van der Waals surface area contributed by atoms with Gasteiger partial charge in [-0.2, -0.15) is 0 Å². The van der Waals surface area contributed by atoms with Crippen LogP contribution in [0.5, 0.6) is 11.5 Å². The fourth-order valence-corrected chi connectivity index (χ4v) is 9.48. The first-order valence-electron chi connectivity index (χ1n) is 17.6. The van der Waals surface area contributed by atoms with Gasteiger partial charge in [0.1, 0.15) is 23.3 Å². The van der Waals surface area contributed by atoms with Crippen molar-refractivity contribution < 1.29 is 38.1 Å². The van der Waals surface area contributed by atoms with Gasteiger partial charge in [0, 0.05) is 26.6 Å². The molecule has 0 amide bonds. The molecule has 9 nitrogen and oxygen atoms in total. The highest BCUT2D eigenvalue weighted by atomic mass is 32.1. The molecule has 0 N–H and O–H groups in total. The van der Waals surface area contributed by atoms with Crippen LogP contribution in [0.4, 0.5) is 0 Å². The molecule has 0 radical (unpaired) electrons. The van der Waals surface area contributed by atoms with Gasteiger partial charge in [0.25, 0.3) is 0 Å². The van der Waals surface area contributed by atoms with Crippen molar-refractivity contribution in [2.75, 3.05) is 20.8 Å². The first-order chi connectivity index (χ1) is 25.7. The number of Topliss-reactive ketones (excluding diaryl/α,β-unsaturated/α-hetero) is 1. The van der Waals surface area contributed by atoms with Crippen molar-refractivity contribution in [1.29, 1.82) is 0 Å². The van der Waals surface area contributed by atoms with Crippen LogP contribution in [0, 0.1) is 5.92 Å².